The van der Waals surface area contributed by atoms with Crippen molar-refractivity contribution in [3.63, 3.8) is 0 Å². The Kier molecular flexibility index (Phi) is 10.1. The van der Waals surface area contributed by atoms with Crippen molar-refractivity contribution in [3.8, 4) is 17.6 Å². The summed E-state index contributed by atoms with van der Waals surface area (Å²) in [6, 6.07) is 19.6. The van der Waals surface area contributed by atoms with Crippen molar-refractivity contribution in [2.24, 2.45) is 4.99 Å². The SMILES string of the molecule is CCOC(=O)C1=C(C)N=c2s/c(=C\c3cc(Br)cc(Br)c3OCc3ccc(C#N)cc3)c(=O)n2[C@H]1c1ccccc1OC(C)C. The van der Waals surface area contributed by atoms with Crippen LogP contribution in [0.25, 0.3) is 6.08 Å². The number of esters is 1. The lowest BCUT2D eigenvalue weighted by Crippen LogP contribution is -2.40. The Labute approximate surface area is 281 Å². The minimum atomic E-state index is -0.807. The van der Waals surface area contributed by atoms with Crippen molar-refractivity contribution in [2.75, 3.05) is 6.61 Å². The van der Waals surface area contributed by atoms with E-state index in [0.29, 0.717) is 47.7 Å². The van der Waals surface area contributed by atoms with E-state index in [9.17, 15) is 9.59 Å². The summed E-state index contributed by atoms with van der Waals surface area (Å²) in [6.45, 7) is 7.77. The number of carbonyl (C=O) groups excluding carboxylic acids is 1. The van der Waals surface area contributed by atoms with E-state index in [1.807, 2.05) is 62.4 Å². The zero-order valence-electron chi connectivity index (χ0n) is 25.0. The van der Waals surface area contributed by atoms with Crippen molar-refractivity contribution in [1.29, 1.82) is 5.26 Å². The predicted molar refractivity (Wildman–Crippen MR) is 180 cm³/mol. The van der Waals surface area contributed by atoms with Gasteiger partial charge in [-0.05, 0) is 85.6 Å². The molecule has 0 fully saturated rings. The predicted octanol–water partition coefficient (Wildman–Crippen LogP) is 6.56. The summed E-state index contributed by atoms with van der Waals surface area (Å²) in [4.78, 5) is 32.8. The normalized spacial score (nSPS) is 14.5. The Morgan fingerprint density at radius 3 is 2.58 bits per heavy atom. The molecule has 11 heteroatoms. The summed E-state index contributed by atoms with van der Waals surface area (Å²) in [5.41, 5.74) is 3.22. The molecule has 0 N–H and O–H groups in total. The molecule has 4 aromatic rings. The number of halogens is 2. The number of hydrogen-bond acceptors (Lipinski definition) is 8. The van der Waals surface area contributed by atoms with Gasteiger partial charge in [-0.1, -0.05) is 57.6 Å². The summed E-state index contributed by atoms with van der Waals surface area (Å²) in [5, 5.41) is 9.11. The fourth-order valence-electron chi connectivity index (χ4n) is 4.97. The van der Waals surface area contributed by atoms with Gasteiger partial charge in [0.2, 0.25) is 0 Å². The van der Waals surface area contributed by atoms with Crippen LogP contribution in [0.2, 0.25) is 0 Å². The first-order valence-electron chi connectivity index (χ1n) is 14.2. The van der Waals surface area contributed by atoms with E-state index in [4.69, 9.17) is 24.5 Å². The molecule has 0 unspecified atom stereocenters. The number of fused-ring (bicyclic) bond motifs is 1. The molecule has 1 aliphatic heterocycles. The smallest absolute Gasteiger partial charge is 0.338 e. The van der Waals surface area contributed by atoms with Gasteiger partial charge in [-0.3, -0.25) is 9.36 Å². The number of nitriles is 1. The first-order valence-corrected chi connectivity index (χ1v) is 16.6. The van der Waals surface area contributed by atoms with E-state index in [2.05, 4.69) is 37.9 Å². The minimum Gasteiger partial charge on any atom is -0.491 e. The van der Waals surface area contributed by atoms with Gasteiger partial charge in [-0.15, -0.1) is 0 Å². The molecule has 230 valence electrons. The molecule has 45 heavy (non-hydrogen) atoms. The van der Waals surface area contributed by atoms with E-state index < -0.39 is 12.0 Å². The molecule has 0 saturated carbocycles. The van der Waals surface area contributed by atoms with Crippen molar-refractivity contribution >= 4 is 55.2 Å². The summed E-state index contributed by atoms with van der Waals surface area (Å²) in [5.74, 6) is 0.578. The molecule has 0 radical (unpaired) electrons. The highest BCUT2D eigenvalue weighted by molar-refractivity contribution is 9.11. The van der Waals surface area contributed by atoms with Crippen LogP contribution in [-0.4, -0.2) is 23.2 Å². The second kappa shape index (κ2) is 14.0. The maximum Gasteiger partial charge on any atom is 0.338 e. The molecule has 0 bridgehead atoms. The molecule has 0 saturated heterocycles. The van der Waals surface area contributed by atoms with Crippen LogP contribution in [-0.2, 0) is 16.1 Å². The van der Waals surface area contributed by atoms with Crippen LogP contribution in [0.1, 0.15) is 56.0 Å². The van der Waals surface area contributed by atoms with Gasteiger partial charge in [0.1, 0.15) is 24.1 Å². The molecule has 8 nitrogen and oxygen atoms in total. The largest absolute Gasteiger partial charge is 0.491 e. The summed E-state index contributed by atoms with van der Waals surface area (Å²) in [6.07, 6.45) is 1.64. The van der Waals surface area contributed by atoms with Crippen LogP contribution in [0.5, 0.6) is 11.5 Å². The van der Waals surface area contributed by atoms with Crippen LogP contribution in [0.3, 0.4) is 0 Å². The van der Waals surface area contributed by atoms with Crippen LogP contribution >= 0.6 is 43.2 Å². The van der Waals surface area contributed by atoms with Gasteiger partial charge in [0.15, 0.2) is 4.80 Å². The fraction of sp³-hybridized carbons (Fsp3) is 0.235. The second-order valence-corrected chi connectivity index (χ2v) is 13.2. The van der Waals surface area contributed by atoms with Crippen molar-refractivity contribution in [1.82, 2.24) is 4.57 Å². The monoisotopic (exact) mass is 749 g/mol. The third-order valence-corrected chi connectivity index (χ3v) is 8.91. The highest BCUT2D eigenvalue weighted by Crippen LogP contribution is 2.37. The number of carbonyl (C=O) groups is 1. The molecule has 1 atom stereocenters. The lowest BCUT2D eigenvalue weighted by molar-refractivity contribution is -0.139. The van der Waals surface area contributed by atoms with Crippen molar-refractivity contribution in [2.45, 2.75) is 46.4 Å². The fourth-order valence-corrected chi connectivity index (χ4v) is 7.38. The number of thiazole rings is 1. The van der Waals surface area contributed by atoms with Gasteiger partial charge in [0.25, 0.3) is 5.56 Å². The lowest BCUT2D eigenvalue weighted by Gasteiger charge is -2.26. The standard InChI is InChI=1S/C34H29Br2N3O5S/c1-5-42-33(41)29-20(4)38-34-39(30(29)25-8-6-7-9-27(25)44-19(2)3)32(40)28(45-34)15-23-14-24(35)16-26(36)31(23)43-18-22-12-10-21(17-37)11-13-22/h6-16,19,30H,5,18H2,1-4H3/b28-15-/t30-/m0/s1. The van der Waals surface area contributed by atoms with E-state index >= 15 is 0 Å². The van der Waals surface area contributed by atoms with Crippen LogP contribution in [0, 0.1) is 11.3 Å². The zero-order chi connectivity index (χ0) is 32.2. The molecule has 0 aliphatic carbocycles. The molecule has 5 rings (SSSR count). The van der Waals surface area contributed by atoms with Gasteiger partial charge in [-0.25, -0.2) is 9.79 Å². The molecule has 0 amide bonds. The van der Waals surface area contributed by atoms with E-state index in [-0.39, 0.29) is 30.5 Å². The molecule has 1 aliphatic rings. The highest BCUT2D eigenvalue weighted by atomic mass is 79.9. The number of para-hydroxylation sites is 1. The Balaban J connectivity index is 1.66. The first-order chi connectivity index (χ1) is 21.6. The van der Waals surface area contributed by atoms with Crippen molar-refractivity contribution < 1.29 is 19.0 Å². The van der Waals surface area contributed by atoms with E-state index in [1.165, 1.54) is 11.3 Å². The average Bonchev–Trinajstić information content (AvgIpc) is 3.30. The zero-order valence-corrected chi connectivity index (χ0v) is 29.0. The lowest BCUT2D eigenvalue weighted by atomic mass is 9.95. The minimum absolute atomic E-state index is 0.129. The second-order valence-electron chi connectivity index (χ2n) is 10.4. The van der Waals surface area contributed by atoms with Gasteiger partial charge in [0.05, 0.1) is 44.6 Å². The quantitative estimate of drug-likeness (QED) is 0.180. The van der Waals surface area contributed by atoms with Crippen molar-refractivity contribution in [3.05, 3.63) is 123 Å². The Hall–Kier alpha value is -3.98. The Bertz CT molecular complexity index is 2020. The van der Waals surface area contributed by atoms with Gasteiger partial charge in [0, 0.05) is 15.6 Å². The number of aromatic nitrogens is 1. The Morgan fingerprint density at radius 1 is 1.16 bits per heavy atom. The summed E-state index contributed by atoms with van der Waals surface area (Å²) < 4.78 is 21.2. The molecule has 2 heterocycles. The van der Waals surface area contributed by atoms with E-state index in [0.717, 1.165) is 10.0 Å². The molecular weight excluding hydrogens is 722 g/mol. The van der Waals surface area contributed by atoms with Crippen LogP contribution in [0.4, 0.5) is 0 Å². The third-order valence-electron chi connectivity index (χ3n) is 6.88. The first kappa shape index (κ1) is 32.4. The number of nitrogens with zero attached hydrogens (tertiary/aromatic N) is 3. The Morgan fingerprint density at radius 2 is 1.89 bits per heavy atom. The number of hydrogen-bond donors (Lipinski definition) is 0. The summed E-state index contributed by atoms with van der Waals surface area (Å²) in [7, 11) is 0. The number of ether oxygens (including phenoxy) is 3. The van der Waals surface area contributed by atoms with Crippen LogP contribution < -0.4 is 24.4 Å². The number of allylic oxidation sites excluding steroid dienone is 1. The molecule has 0 spiro atoms. The van der Waals surface area contributed by atoms with Gasteiger partial charge in [-0.2, -0.15) is 5.26 Å². The van der Waals surface area contributed by atoms with Gasteiger partial charge >= 0.3 is 5.97 Å². The third kappa shape index (κ3) is 6.98. The topological polar surface area (TPSA) is 103 Å². The van der Waals surface area contributed by atoms with Gasteiger partial charge < -0.3 is 14.2 Å². The van der Waals surface area contributed by atoms with Crippen LogP contribution in [0.15, 0.2) is 90.7 Å². The molecular formula is C34H29Br2N3O5S. The maximum atomic E-state index is 14.3. The average molecular weight is 751 g/mol. The molecule has 3 aromatic carbocycles. The maximum absolute atomic E-state index is 14.3. The van der Waals surface area contributed by atoms with E-state index in [1.54, 1.807) is 36.6 Å². The molecule has 1 aromatic heterocycles. The summed E-state index contributed by atoms with van der Waals surface area (Å²) >= 11 is 8.39. The number of rotatable bonds is 9. The number of benzene rings is 3. The highest BCUT2D eigenvalue weighted by Gasteiger charge is 2.35.